The van der Waals surface area contributed by atoms with Crippen molar-refractivity contribution in [3.8, 4) is 0 Å². The topological polar surface area (TPSA) is 75.4 Å². The highest BCUT2D eigenvalue weighted by molar-refractivity contribution is 5.93. The molecule has 0 spiro atoms. The first-order valence-corrected chi connectivity index (χ1v) is 7.85. The molecule has 0 saturated carbocycles. The van der Waals surface area contributed by atoms with Crippen LogP contribution in [0, 0.1) is 6.92 Å². The number of hydrogen-bond donors (Lipinski definition) is 2. The van der Waals surface area contributed by atoms with Crippen LogP contribution in [0.5, 0.6) is 0 Å². The number of likely N-dealkylation sites (tertiary alicyclic amines) is 1. The fraction of sp³-hybridized carbons (Fsp3) is 0.529. The molecule has 5 nitrogen and oxygen atoms in total. The van der Waals surface area contributed by atoms with Crippen LogP contribution in [0.4, 0.5) is 4.79 Å². The smallest absolute Gasteiger partial charge is 0.318 e. The molecule has 1 aliphatic rings. The molecule has 5 heteroatoms. The van der Waals surface area contributed by atoms with Gasteiger partial charge in [-0.3, -0.25) is 10.1 Å². The highest BCUT2D eigenvalue weighted by Gasteiger charge is 2.29. The number of imide groups is 1. The summed E-state index contributed by atoms with van der Waals surface area (Å²) in [5.74, 6) is 0.268. The molecule has 0 bridgehead atoms. The van der Waals surface area contributed by atoms with Gasteiger partial charge in [-0.2, -0.15) is 0 Å². The lowest BCUT2D eigenvalue weighted by atomic mass is 9.96. The number of hydrogen-bond acceptors (Lipinski definition) is 3. The number of nitrogens with one attached hydrogen (secondary N) is 1. The van der Waals surface area contributed by atoms with Gasteiger partial charge in [0.25, 0.3) is 0 Å². The summed E-state index contributed by atoms with van der Waals surface area (Å²) < 4.78 is 0. The Kier molecular flexibility index (Phi) is 5.55. The monoisotopic (exact) mass is 303 g/mol. The quantitative estimate of drug-likeness (QED) is 0.875. The summed E-state index contributed by atoms with van der Waals surface area (Å²) in [6.07, 6.45) is 2.22. The van der Waals surface area contributed by atoms with Crippen molar-refractivity contribution in [3.63, 3.8) is 0 Å². The van der Waals surface area contributed by atoms with Crippen molar-refractivity contribution in [1.29, 1.82) is 0 Å². The first-order chi connectivity index (χ1) is 10.5. The Morgan fingerprint density at radius 1 is 1.32 bits per heavy atom. The van der Waals surface area contributed by atoms with Crippen molar-refractivity contribution >= 4 is 11.9 Å². The second kappa shape index (κ2) is 7.40. The third kappa shape index (κ3) is 4.56. The minimum Gasteiger partial charge on any atom is -0.351 e. The highest BCUT2D eigenvalue weighted by Crippen LogP contribution is 2.31. The molecule has 120 valence electrons. The van der Waals surface area contributed by atoms with E-state index in [1.54, 1.807) is 0 Å². The molecule has 3 N–H and O–H groups in total. The van der Waals surface area contributed by atoms with Crippen LogP contribution in [-0.4, -0.2) is 36.0 Å². The van der Waals surface area contributed by atoms with Gasteiger partial charge in [0, 0.05) is 19.0 Å². The average Bonchev–Trinajstić information content (AvgIpc) is 2.80. The minimum atomic E-state index is -0.779. The van der Waals surface area contributed by atoms with Gasteiger partial charge in [0.2, 0.25) is 5.91 Å². The fourth-order valence-electron chi connectivity index (χ4n) is 3.13. The van der Waals surface area contributed by atoms with Crippen LogP contribution < -0.4 is 11.1 Å². The minimum absolute atomic E-state index is 0.297. The molecule has 2 atom stereocenters. The van der Waals surface area contributed by atoms with Gasteiger partial charge in [0.05, 0.1) is 0 Å². The zero-order valence-electron chi connectivity index (χ0n) is 13.3. The maximum absolute atomic E-state index is 11.4. The predicted octanol–water partition coefficient (Wildman–Crippen LogP) is 2.15. The number of rotatable bonds is 5. The van der Waals surface area contributed by atoms with Gasteiger partial charge in [-0.05, 0) is 44.7 Å². The zero-order chi connectivity index (χ0) is 16.1. The highest BCUT2D eigenvalue weighted by atomic mass is 16.2. The molecule has 22 heavy (non-hydrogen) atoms. The van der Waals surface area contributed by atoms with E-state index in [1.807, 2.05) is 0 Å². The maximum atomic E-state index is 11.4. The average molecular weight is 303 g/mol. The number of amides is 3. The fourth-order valence-corrected chi connectivity index (χ4v) is 3.13. The van der Waals surface area contributed by atoms with E-state index in [4.69, 9.17) is 5.73 Å². The van der Waals surface area contributed by atoms with Crippen LogP contribution >= 0.6 is 0 Å². The number of benzene rings is 1. The van der Waals surface area contributed by atoms with E-state index in [1.165, 1.54) is 11.1 Å². The SMILES string of the molecule is Cc1ccc([C@@H]2C[C@@H](C)N(CCCC(=O)NC(N)=O)C2)cc1. The summed E-state index contributed by atoms with van der Waals surface area (Å²) in [5.41, 5.74) is 7.60. The number of aryl methyl sites for hydroxylation is 1. The number of carbonyl (C=O) groups is 2. The third-order valence-electron chi connectivity index (χ3n) is 4.36. The normalized spacial score (nSPS) is 21.7. The van der Waals surface area contributed by atoms with E-state index >= 15 is 0 Å². The Bertz CT molecular complexity index is 527. The van der Waals surface area contributed by atoms with Gasteiger partial charge < -0.3 is 10.6 Å². The largest absolute Gasteiger partial charge is 0.351 e. The van der Waals surface area contributed by atoms with Crippen molar-refractivity contribution in [2.45, 2.75) is 45.1 Å². The lowest BCUT2D eigenvalue weighted by Gasteiger charge is -2.20. The van der Waals surface area contributed by atoms with Gasteiger partial charge in [-0.25, -0.2) is 4.79 Å². The Hall–Kier alpha value is -1.88. The summed E-state index contributed by atoms with van der Waals surface area (Å²) >= 11 is 0. The number of primary amides is 1. The van der Waals surface area contributed by atoms with E-state index in [2.05, 4.69) is 48.3 Å². The molecule has 1 heterocycles. The first kappa shape index (κ1) is 16.5. The third-order valence-corrected chi connectivity index (χ3v) is 4.36. The Morgan fingerprint density at radius 3 is 2.64 bits per heavy atom. The Labute approximate surface area is 131 Å². The van der Waals surface area contributed by atoms with Crippen LogP contribution in [-0.2, 0) is 4.79 Å². The molecule has 1 aromatic carbocycles. The zero-order valence-corrected chi connectivity index (χ0v) is 13.3. The molecule has 2 rings (SSSR count). The van der Waals surface area contributed by atoms with E-state index < -0.39 is 6.03 Å². The van der Waals surface area contributed by atoms with Gasteiger partial charge in [0.15, 0.2) is 0 Å². The van der Waals surface area contributed by atoms with Crippen molar-refractivity contribution in [2.75, 3.05) is 13.1 Å². The number of nitrogens with zero attached hydrogens (tertiary/aromatic N) is 1. The second-order valence-corrected chi connectivity index (χ2v) is 6.20. The number of carbonyl (C=O) groups excluding carboxylic acids is 2. The molecule has 0 unspecified atom stereocenters. The molecular weight excluding hydrogens is 278 g/mol. The molecule has 0 aromatic heterocycles. The van der Waals surface area contributed by atoms with E-state index in [-0.39, 0.29) is 5.91 Å². The van der Waals surface area contributed by atoms with Crippen LogP contribution in [0.3, 0.4) is 0 Å². The second-order valence-electron chi connectivity index (χ2n) is 6.20. The standard InChI is InChI=1S/C17H25N3O2/c1-12-5-7-14(8-6-12)15-10-13(2)20(11-15)9-3-4-16(21)19-17(18)22/h5-8,13,15H,3-4,9-11H2,1-2H3,(H3,18,19,21,22)/t13-,15-/m1/s1. The van der Waals surface area contributed by atoms with Crippen LogP contribution in [0.2, 0.25) is 0 Å². The summed E-state index contributed by atoms with van der Waals surface area (Å²) in [7, 11) is 0. The summed E-state index contributed by atoms with van der Waals surface area (Å²) in [6, 6.07) is 8.50. The van der Waals surface area contributed by atoms with E-state index in [0.717, 1.165) is 25.9 Å². The first-order valence-electron chi connectivity index (χ1n) is 7.85. The molecule has 3 amide bonds. The molecule has 0 radical (unpaired) electrons. The van der Waals surface area contributed by atoms with Crippen molar-refractivity contribution in [3.05, 3.63) is 35.4 Å². The van der Waals surface area contributed by atoms with Crippen molar-refractivity contribution in [2.24, 2.45) is 5.73 Å². The molecule has 1 aromatic rings. The molecule has 0 aliphatic carbocycles. The van der Waals surface area contributed by atoms with Crippen molar-refractivity contribution < 1.29 is 9.59 Å². The van der Waals surface area contributed by atoms with Crippen molar-refractivity contribution in [1.82, 2.24) is 10.2 Å². The van der Waals surface area contributed by atoms with Gasteiger partial charge in [-0.1, -0.05) is 29.8 Å². The van der Waals surface area contributed by atoms with Crippen LogP contribution in [0.1, 0.15) is 43.2 Å². The molecule has 1 fully saturated rings. The Balaban J connectivity index is 1.80. The van der Waals surface area contributed by atoms with Gasteiger partial charge >= 0.3 is 6.03 Å². The van der Waals surface area contributed by atoms with E-state index in [0.29, 0.717) is 18.4 Å². The summed E-state index contributed by atoms with van der Waals surface area (Å²) in [6.45, 7) is 6.24. The molecular formula is C17H25N3O2. The van der Waals surface area contributed by atoms with Gasteiger partial charge in [-0.15, -0.1) is 0 Å². The molecule has 1 aliphatic heterocycles. The number of urea groups is 1. The van der Waals surface area contributed by atoms with Gasteiger partial charge in [0.1, 0.15) is 0 Å². The van der Waals surface area contributed by atoms with Crippen LogP contribution in [0.15, 0.2) is 24.3 Å². The maximum Gasteiger partial charge on any atom is 0.318 e. The lowest BCUT2D eigenvalue weighted by Crippen LogP contribution is -2.35. The Morgan fingerprint density at radius 2 is 2.00 bits per heavy atom. The summed E-state index contributed by atoms with van der Waals surface area (Å²) in [4.78, 5) is 24.4. The lowest BCUT2D eigenvalue weighted by molar-refractivity contribution is -0.120. The summed E-state index contributed by atoms with van der Waals surface area (Å²) in [5, 5.41) is 2.10. The van der Waals surface area contributed by atoms with Crippen LogP contribution in [0.25, 0.3) is 0 Å². The number of nitrogens with two attached hydrogens (primary N) is 1. The van der Waals surface area contributed by atoms with E-state index in [9.17, 15) is 9.59 Å². The molecule has 1 saturated heterocycles. The predicted molar refractivity (Wildman–Crippen MR) is 86.5 cm³/mol.